The predicted octanol–water partition coefficient (Wildman–Crippen LogP) is 6.78. The lowest BCUT2D eigenvalue weighted by Gasteiger charge is -2.32. The van der Waals surface area contributed by atoms with Gasteiger partial charge in [0, 0.05) is 48.4 Å². The fourth-order valence-corrected chi connectivity index (χ4v) is 8.23. The van der Waals surface area contributed by atoms with E-state index in [9.17, 15) is 4.79 Å². The number of carbonyl (C=O) groups excluding carboxylic acids is 1. The van der Waals surface area contributed by atoms with Gasteiger partial charge in [0.25, 0.3) is 0 Å². The van der Waals surface area contributed by atoms with E-state index in [0.717, 1.165) is 69.5 Å². The summed E-state index contributed by atoms with van der Waals surface area (Å²) < 4.78 is 2.50. The summed E-state index contributed by atoms with van der Waals surface area (Å²) in [5.74, 6) is 1.89. The molecule has 1 amide bonds. The highest BCUT2D eigenvalue weighted by Crippen LogP contribution is 2.57. The molecule has 4 fully saturated rings. The third-order valence-electron chi connectivity index (χ3n) is 9.61. The second-order valence-electron chi connectivity index (χ2n) is 12.4. The minimum absolute atomic E-state index is 0.293. The largest absolute Gasteiger partial charge is 0.351 e. The maximum atomic E-state index is 13.5. The molecule has 0 radical (unpaired) electrons. The summed E-state index contributed by atoms with van der Waals surface area (Å²) in [5.41, 5.74) is 2.21. The highest BCUT2D eigenvalue weighted by atomic mass is 32.2. The normalized spacial score (nSPS) is 23.3. The van der Waals surface area contributed by atoms with Crippen molar-refractivity contribution in [1.29, 1.82) is 0 Å². The highest BCUT2D eigenvalue weighted by molar-refractivity contribution is 7.97. The highest BCUT2D eigenvalue weighted by Gasteiger charge is 2.61. The number of nitrogens with zero attached hydrogens (tertiary/aromatic N) is 5. The van der Waals surface area contributed by atoms with Gasteiger partial charge < -0.3 is 5.32 Å². The molecule has 8 heteroatoms. The van der Waals surface area contributed by atoms with Gasteiger partial charge in [0.05, 0.1) is 5.41 Å². The van der Waals surface area contributed by atoms with Gasteiger partial charge in [-0.15, -0.1) is 0 Å². The molecule has 1 N–H and O–H groups in total. The zero-order valence-electron chi connectivity index (χ0n) is 25.1. The molecule has 2 saturated carbocycles. The monoisotopic (exact) mass is 576 g/mol. The lowest BCUT2D eigenvalue weighted by Crippen LogP contribution is -2.42. The van der Waals surface area contributed by atoms with Crippen LogP contribution in [0.5, 0.6) is 0 Å². The van der Waals surface area contributed by atoms with Crippen molar-refractivity contribution in [3.8, 4) is 0 Å². The van der Waals surface area contributed by atoms with Crippen molar-refractivity contribution in [2.45, 2.75) is 120 Å². The van der Waals surface area contributed by atoms with Crippen LogP contribution in [0.25, 0.3) is 0 Å². The van der Waals surface area contributed by atoms with E-state index in [-0.39, 0.29) is 5.41 Å². The number of amides is 1. The number of hydrogen-bond donors (Lipinski definition) is 1. The van der Waals surface area contributed by atoms with Crippen LogP contribution in [0.4, 0.5) is 11.8 Å². The minimum atomic E-state index is -0.307. The van der Waals surface area contributed by atoms with Crippen molar-refractivity contribution in [3.63, 3.8) is 0 Å². The SMILES string of the molecule is CC.O=C1N(C2CCCCC2)c2nc(NC3CCN(Sc4cccc(CN5CCCCC5)c4)CC3)ncc2C12CC2. The fourth-order valence-electron chi connectivity index (χ4n) is 7.19. The molecule has 2 saturated heterocycles. The Labute approximate surface area is 251 Å². The van der Waals surface area contributed by atoms with Gasteiger partial charge in [0.2, 0.25) is 11.9 Å². The van der Waals surface area contributed by atoms with Crippen LogP contribution in [0.2, 0.25) is 0 Å². The average molecular weight is 577 g/mol. The van der Waals surface area contributed by atoms with Gasteiger partial charge in [0.15, 0.2) is 0 Å². The molecule has 0 atom stereocenters. The molecule has 222 valence electrons. The molecule has 0 unspecified atom stereocenters. The summed E-state index contributed by atoms with van der Waals surface area (Å²) in [6.45, 7) is 9.63. The number of benzene rings is 1. The van der Waals surface area contributed by atoms with E-state index in [1.54, 1.807) is 0 Å². The van der Waals surface area contributed by atoms with Crippen LogP contribution in [0, 0.1) is 0 Å². The standard InChI is InChI=1S/C31H42N6OS.C2H6/c38-29-31(14-15-31)27-21-32-30(34-28(27)37(29)25-9-3-1-4-10-25)33-24-12-18-36(19-13-24)39-26-11-7-8-23(20-26)22-35-16-5-2-6-17-35;1-2/h7-8,11,20-21,24-25H,1-6,9-10,12-19,22H2,(H,32,33,34);1-2H3. The van der Waals surface area contributed by atoms with E-state index in [2.05, 4.69) is 43.7 Å². The van der Waals surface area contributed by atoms with Gasteiger partial charge in [-0.3, -0.25) is 14.6 Å². The second-order valence-corrected chi connectivity index (χ2v) is 13.6. The quantitative estimate of drug-likeness (QED) is 0.364. The number of carbonyl (C=O) groups is 1. The molecular formula is C33H48N6OS. The number of likely N-dealkylation sites (tertiary alicyclic amines) is 1. The molecule has 5 aliphatic rings. The molecule has 7 rings (SSSR count). The molecule has 1 spiro atoms. The van der Waals surface area contributed by atoms with Gasteiger partial charge in [0.1, 0.15) is 5.82 Å². The summed E-state index contributed by atoms with van der Waals surface area (Å²) in [4.78, 5) is 29.2. The molecule has 1 aromatic carbocycles. The van der Waals surface area contributed by atoms with Crippen LogP contribution < -0.4 is 10.2 Å². The Kier molecular flexibility index (Phi) is 9.18. The molecule has 4 heterocycles. The molecule has 1 aromatic heterocycles. The van der Waals surface area contributed by atoms with Crippen molar-refractivity contribution in [2.75, 3.05) is 36.4 Å². The van der Waals surface area contributed by atoms with E-state index in [1.807, 2.05) is 32.0 Å². The van der Waals surface area contributed by atoms with E-state index >= 15 is 0 Å². The smallest absolute Gasteiger partial charge is 0.239 e. The van der Waals surface area contributed by atoms with Crippen LogP contribution >= 0.6 is 11.9 Å². The molecule has 0 bridgehead atoms. The van der Waals surface area contributed by atoms with E-state index in [0.29, 0.717) is 23.9 Å². The summed E-state index contributed by atoms with van der Waals surface area (Å²) >= 11 is 1.90. The van der Waals surface area contributed by atoms with Crippen LogP contribution in [0.15, 0.2) is 35.4 Å². The molecule has 3 aliphatic heterocycles. The minimum Gasteiger partial charge on any atom is -0.351 e. The zero-order chi connectivity index (χ0) is 28.2. The Balaban J connectivity index is 0.00000148. The summed E-state index contributed by atoms with van der Waals surface area (Å²) in [6, 6.07) is 9.80. The van der Waals surface area contributed by atoms with Gasteiger partial charge in [-0.25, -0.2) is 9.29 Å². The first kappa shape index (κ1) is 28.9. The first-order chi connectivity index (χ1) is 20.2. The fraction of sp³-hybridized carbons (Fsp3) is 0.667. The summed E-state index contributed by atoms with van der Waals surface area (Å²) in [7, 11) is 0. The van der Waals surface area contributed by atoms with E-state index in [1.165, 1.54) is 62.1 Å². The molecule has 2 aliphatic carbocycles. The molecule has 7 nitrogen and oxygen atoms in total. The average Bonchev–Trinajstić information content (AvgIpc) is 3.79. The third kappa shape index (κ3) is 6.30. The number of aromatic nitrogens is 2. The van der Waals surface area contributed by atoms with Crippen LogP contribution in [-0.2, 0) is 16.8 Å². The predicted molar refractivity (Wildman–Crippen MR) is 168 cm³/mol. The summed E-state index contributed by atoms with van der Waals surface area (Å²) in [5, 5.41) is 3.63. The third-order valence-corrected chi connectivity index (χ3v) is 10.7. The van der Waals surface area contributed by atoms with Crippen LogP contribution in [0.1, 0.15) is 102 Å². The Hall–Kier alpha value is -2.16. The van der Waals surface area contributed by atoms with E-state index < -0.39 is 0 Å². The maximum absolute atomic E-state index is 13.5. The first-order valence-corrected chi connectivity index (χ1v) is 17.2. The Morgan fingerprint density at radius 3 is 2.41 bits per heavy atom. The van der Waals surface area contributed by atoms with Crippen LogP contribution in [0.3, 0.4) is 0 Å². The maximum Gasteiger partial charge on any atom is 0.239 e. The van der Waals surface area contributed by atoms with Crippen molar-refractivity contribution < 1.29 is 4.79 Å². The molecule has 2 aromatic rings. The van der Waals surface area contributed by atoms with Gasteiger partial charge >= 0.3 is 0 Å². The number of hydrogen-bond acceptors (Lipinski definition) is 7. The number of fused-ring (bicyclic) bond motifs is 2. The Morgan fingerprint density at radius 2 is 1.68 bits per heavy atom. The van der Waals surface area contributed by atoms with Gasteiger partial charge in [-0.2, -0.15) is 4.98 Å². The molecule has 41 heavy (non-hydrogen) atoms. The van der Waals surface area contributed by atoms with Crippen molar-refractivity contribution in [2.24, 2.45) is 0 Å². The molecular weight excluding hydrogens is 528 g/mol. The number of piperidine rings is 2. The lowest BCUT2D eigenvalue weighted by atomic mass is 9.94. The summed E-state index contributed by atoms with van der Waals surface area (Å²) in [6.07, 6.45) is 16.0. The van der Waals surface area contributed by atoms with Crippen molar-refractivity contribution in [3.05, 3.63) is 41.6 Å². The van der Waals surface area contributed by atoms with Crippen LogP contribution in [-0.4, -0.2) is 63.3 Å². The number of anilines is 2. The van der Waals surface area contributed by atoms with Gasteiger partial charge in [-0.05, 0) is 94.1 Å². The second kappa shape index (κ2) is 13.0. The topological polar surface area (TPSA) is 64.6 Å². The van der Waals surface area contributed by atoms with Gasteiger partial charge in [-0.1, -0.05) is 51.7 Å². The lowest BCUT2D eigenvalue weighted by molar-refractivity contribution is -0.120. The number of nitrogens with one attached hydrogen (secondary N) is 1. The Morgan fingerprint density at radius 1 is 0.951 bits per heavy atom. The van der Waals surface area contributed by atoms with Crippen molar-refractivity contribution in [1.82, 2.24) is 19.2 Å². The first-order valence-electron chi connectivity index (χ1n) is 16.4. The van der Waals surface area contributed by atoms with E-state index in [4.69, 9.17) is 9.97 Å². The van der Waals surface area contributed by atoms with Crippen molar-refractivity contribution >= 4 is 29.6 Å². The Bertz CT molecular complexity index is 1180. The number of rotatable bonds is 7. The zero-order valence-corrected chi connectivity index (χ0v) is 25.9.